The third-order valence-corrected chi connectivity index (χ3v) is 2.52. The molecule has 0 aromatic heterocycles. The van der Waals surface area contributed by atoms with Crippen LogP contribution in [-0.4, -0.2) is 30.2 Å². The fourth-order valence-corrected chi connectivity index (χ4v) is 1.51. The second-order valence-corrected chi connectivity index (χ2v) is 3.81. The summed E-state index contributed by atoms with van der Waals surface area (Å²) in [6, 6.07) is 2.54. The molecule has 0 aliphatic rings. The molecule has 1 aromatic carbocycles. The lowest BCUT2D eigenvalue weighted by Gasteiger charge is -2.17. The largest absolute Gasteiger partial charge is 0.493 e. The number of hydrogen-bond donors (Lipinski definition) is 3. The standard InChI is InChI=1S/C12H16N2O5/c1-3-8(11(14)15)19-10-4-6(12(16)17)7(13)5-9(10)18-2/h4-5,8H,3,13H2,1-2H3,(H2,14,15)(H,16,17). The van der Waals surface area contributed by atoms with Gasteiger partial charge in [0, 0.05) is 12.1 Å². The van der Waals surface area contributed by atoms with Crippen molar-refractivity contribution in [3.63, 3.8) is 0 Å². The van der Waals surface area contributed by atoms with E-state index in [0.29, 0.717) is 6.42 Å². The quantitative estimate of drug-likeness (QED) is 0.649. The molecule has 0 radical (unpaired) electrons. The predicted octanol–water partition coefficient (Wildman–Crippen LogP) is 0.618. The number of hydrogen-bond acceptors (Lipinski definition) is 5. The molecule has 0 aliphatic heterocycles. The third-order valence-electron chi connectivity index (χ3n) is 2.52. The molecule has 7 nitrogen and oxygen atoms in total. The monoisotopic (exact) mass is 268 g/mol. The van der Waals surface area contributed by atoms with Gasteiger partial charge in [-0.2, -0.15) is 0 Å². The number of benzene rings is 1. The first-order valence-electron chi connectivity index (χ1n) is 5.57. The Morgan fingerprint density at radius 2 is 2.00 bits per heavy atom. The molecule has 1 amide bonds. The average Bonchev–Trinajstić information content (AvgIpc) is 2.35. The maximum absolute atomic E-state index is 11.1. The number of carbonyl (C=O) groups is 2. The van der Waals surface area contributed by atoms with Crippen LogP contribution in [0.25, 0.3) is 0 Å². The number of carbonyl (C=O) groups excluding carboxylic acids is 1. The number of nitrogens with two attached hydrogens (primary N) is 2. The van der Waals surface area contributed by atoms with Crippen LogP contribution in [0.4, 0.5) is 5.69 Å². The minimum atomic E-state index is -1.20. The molecule has 0 saturated carbocycles. The van der Waals surface area contributed by atoms with Gasteiger partial charge < -0.3 is 26.0 Å². The Hall–Kier alpha value is -2.44. The number of amides is 1. The molecule has 19 heavy (non-hydrogen) atoms. The summed E-state index contributed by atoms with van der Waals surface area (Å²) in [6.45, 7) is 1.72. The Morgan fingerprint density at radius 3 is 2.42 bits per heavy atom. The molecular formula is C12H16N2O5. The highest BCUT2D eigenvalue weighted by molar-refractivity contribution is 5.94. The fourth-order valence-electron chi connectivity index (χ4n) is 1.51. The zero-order valence-electron chi connectivity index (χ0n) is 10.7. The smallest absolute Gasteiger partial charge is 0.337 e. The first kappa shape index (κ1) is 14.6. The van der Waals surface area contributed by atoms with Crippen molar-refractivity contribution in [3.05, 3.63) is 17.7 Å². The van der Waals surface area contributed by atoms with Gasteiger partial charge in [-0.25, -0.2) is 4.79 Å². The Bertz CT molecular complexity index is 501. The van der Waals surface area contributed by atoms with E-state index in [4.69, 9.17) is 26.0 Å². The van der Waals surface area contributed by atoms with Crippen molar-refractivity contribution >= 4 is 17.6 Å². The van der Waals surface area contributed by atoms with Crippen LogP contribution in [0.5, 0.6) is 11.5 Å². The Balaban J connectivity index is 3.20. The molecule has 5 N–H and O–H groups in total. The van der Waals surface area contributed by atoms with Crippen LogP contribution in [0.15, 0.2) is 12.1 Å². The third kappa shape index (κ3) is 3.27. The van der Waals surface area contributed by atoms with Gasteiger partial charge >= 0.3 is 5.97 Å². The van der Waals surface area contributed by atoms with Gasteiger partial charge in [-0.15, -0.1) is 0 Å². The number of aromatic carboxylic acids is 1. The highest BCUT2D eigenvalue weighted by Gasteiger charge is 2.20. The van der Waals surface area contributed by atoms with E-state index in [1.54, 1.807) is 6.92 Å². The summed E-state index contributed by atoms with van der Waals surface area (Å²) < 4.78 is 10.4. The van der Waals surface area contributed by atoms with Crippen molar-refractivity contribution < 1.29 is 24.2 Å². The fraction of sp³-hybridized carbons (Fsp3) is 0.333. The number of anilines is 1. The minimum Gasteiger partial charge on any atom is -0.493 e. The molecule has 7 heteroatoms. The summed E-state index contributed by atoms with van der Waals surface area (Å²) in [5.41, 5.74) is 10.7. The summed E-state index contributed by atoms with van der Waals surface area (Å²) in [6.07, 6.45) is -0.509. The summed E-state index contributed by atoms with van der Waals surface area (Å²) in [5.74, 6) is -1.49. The van der Waals surface area contributed by atoms with Crippen molar-refractivity contribution in [2.45, 2.75) is 19.4 Å². The van der Waals surface area contributed by atoms with E-state index >= 15 is 0 Å². The maximum Gasteiger partial charge on any atom is 0.337 e. The zero-order valence-corrected chi connectivity index (χ0v) is 10.7. The van der Waals surface area contributed by atoms with E-state index in [-0.39, 0.29) is 22.7 Å². The summed E-state index contributed by atoms with van der Waals surface area (Å²) >= 11 is 0. The molecule has 0 heterocycles. The number of rotatable bonds is 6. The highest BCUT2D eigenvalue weighted by Crippen LogP contribution is 2.33. The number of methoxy groups -OCH3 is 1. The van der Waals surface area contributed by atoms with E-state index in [0.717, 1.165) is 0 Å². The van der Waals surface area contributed by atoms with Crippen LogP contribution < -0.4 is 20.9 Å². The van der Waals surface area contributed by atoms with Gasteiger partial charge in [0.25, 0.3) is 5.91 Å². The molecule has 1 unspecified atom stereocenters. The Kier molecular flexibility index (Phi) is 4.57. The highest BCUT2D eigenvalue weighted by atomic mass is 16.5. The van der Waals surface area contributed by atoms with Gasteiger partial charge in [0.15, 0.2) is 17.6 Å². The molecule has 1 rings (SSSR count). The normalized spacial score (nSPS) is 11.7. The second-order valence-electron chi connectivity index (χ2n) is 3.81. The summed E-state index contributed by atoms with van der Waals surface area (Å²) in [5, 5.41) is 8.99. The maximum atomic E-state index is 11.1. The van der Waals surface area contributed by atoms with Crippen LogP contribution in [0, 0.1) is 0 Å². The molecule has 104 valence electrons. The molecule has 0 aliphatic carbocycles. The lowest BCUT2D eigenvalue weighted by Crippen LogP contribution is -2.33. The summed E-state index contributed by atoms with van der Waals surface area (Å²) in [4.78, 5) is 22.1. The molecule has 0 bridgehead atoms. The van der Waals surface area contributed by atoms with E-state index in [1.807, 2.05) is 0 Å². The summed E-state index contributed by atoms with van der Waals surface area (Å²) in [7, 11) is 1.38. The van der Waals surface area contributed by atoms with Gasteiger partial charge in [0.2, 0.25) is 0 Å². The number of nitrogen functional groups attached to an aromatic ring is 1. The number of ether oxygens (including phenoxy) is 2. The van der Waals surface area contributed by atoms with Crippen LogP contribution in [0.3, 0.4) is 0 Å². The molecule has 0 spiro atoms. The van der Waals surface area contributed by atoms with Gasteiger partial charge in [0.1, 0.15) is 0 Å². The van der Waals surface area contributed by atoms with Crippen molar-refractivity contribution in [2.75, 3.05) is 12.8 Å². The van der Waals surface area contributed by atoms with Crippen LogP contribution in [0.1, 0.15) is 23.7 Å². The average molecular weight is 268 g/mol. The minimum absolute atomic E-state index is 0.0452. The predicted molar refractivity (Wildman–Crippen MR) is 68.3 cm³/mol. The van der Waals surface area contributed by atoms with Gasteiger partial charge in [-0.3, -0.25) is 4.79 Å². The van der Waals surface area contributed by atoms with E-state index in [2.05, 4.69) is 0 Å². The number of carboxylic acid groups (broad SMARTS) is 1. The Morgan fingerprint density at radius 1 is 1.37 bits per heavy atom. The molecular weight excluding hydrogens is 252 g/mol. The second kappa shape index (κ2) is 5.94. The first-order chi connectivity index (χ1) is 8.90. The van der Waals surface area contributed by atoms with Crippen molar-refractivity contribution in [2.24, 2.45) is 5.73 Å². The van der Waals surface area contributed by atoms with Crippen molar-refractivity contribution in [1.29, 1.82) is 0 Å². The molecule has 0 fully saturated rings. The van der Waals surface area contributed by atoms with Gasteiger partial charge in [-0.1, -0.05) is 6.92 Å². The lowest BCUT2D eigenvalue weighted by atomic mass is 10.1. The number of primary amides is 1. The van der Waals surface area contributed by atoms with Crippen molar-refractivity contribution in [3.8, 4) is 11.5 Å². The van der Waals surface area contributed by atoms with E-state index in [1.165, 1.54) is 19.2 Å². The SMILES string of the molecule is CCC(Oc1cc(C(=O)O)c(N)cc1OC)C(N)=O. The molecule has 1 atom stereocenters. The van der Waals surface area contributed by atoms with Crippen LogP contribution >= 0.6 is 0 Å². The zero-order chi connectivity index (χ0) is 14.6. The topological polar surface area (TPSA) is 125 Å². The van der Waals surface area contributed by atoms with Crippen LogP contribution in [0.2, 0.25) is 0 Å². The van der Waals surface area contributed by atoms with Gasteiger partial charge in [0.05, 0.1) is 18.4 Å². The van der Waals surface area contributed by atoms with Gasteiger partial charge in [-0.05, 0) is 6.42 Å². The number of carboxylic acids is 1. The van der Waals surface area contributed by atoms with E-state index < -0.39 is 18.0 Å². The Labute approximate surface area is 110 Å². The van der Waals surface area contributed by atoms with Crippen molar-refractivity contribution in [1.82, 2.24) is 0 Å². The first-order valence-corrected chi connectivity index (χ1v) is 5.57. The molecule has 1 aromatic rings. The lowest BCUT2D eigenvalue weighted by molar-refractivity contribution is -0.124. The van der Waals surface area contributed by atoms with Crippen LogP contribution in [-0.2, 0) is 4.79 Å². The molecule has 0 saturated heterocycles. The van der Waals surface area contributed by atoms with E-state index in [9.17, 15) is 9.59 Å².